The molecule has 0 amide bonds. The number of sulfonamides is 1. The molecule has 4 aromatic rings. The van der Waals surface area contributed by atoms with Gasteiger partial charge in [0.15, 0.2) is 5.58 Å². The Bertz CT molecular complexity index is 1380. The number of para-hydroxylation sites is 1. The van der Waals surface area contributed by atoms with Gasteiger partial charge in [-0.15, -0.1) is 0 Å². The van der Waals surface area contributed by atoms with Crippen molar-refractivity contribution < 1.29 is 17.7 Å². The van der Waals surface area contributed by atoms with Crippen molar-refractivity contribution in [3.8, 4) is 5.75 Å². The lowest BCUT2D eigenvalue weighted by Gasteiger charge is -2.16. The van der Waals surface area contributed by atoms with Crippen LogP contribution in [0.5, 0.6) is 5.75 Å². The highest BCUT2D eigenvalue weighted by atomic mass is 32.2. The van der Waals surface area contributed by atoms with Gasteiger partial charge in [-0.1, -0.05) is 29.4 Å². The number of benzene rings is 3. The van der Waals surface area contributed by atoms with Crippen LogP contribution in [0.15, 0.2) is 70.1 Å². The normalized spacial score (nSPS) is 17.2. The van der Waals surface area contributed by atoms with E-state index in [-0.39, 0.29) is 10.9 Å². The summed E-state index contributed by atoms with van der Waals surface area (Å²) < 4.78 is 39.5. The highest BCUT2D eigenvalue weighted by molar-refractivity contribution is 7.89. The third-order valence-corrected chi connectivity index (χ3v) is 7.78. The smallest absolute Gasteiger partial charge is 0.240 e. The molecule has 1 aromatic heterocycles. The largest absolute Gasteiger partial charge is 0.497 e. The van der Waals surface area contributed by atoms with Gasteiger partial charge in [0.25, 0.3) is 0 Å². The predicted octanol–water partition coefficient (Wildman–Crippen LogP) is 3.98. The van der Waals surface area contributed by atoms with Crippen LogP contribution in [0.25, 0.3) is 21.7 Å². The Balaban J connectivity index is 1.17. The Hall–Kier alpha value is -2.94. The van der Waals surface area contributed by atoms with Crippen molar-refractivity contribution in [2.45, 2.75) is 30.2 Å². The van der Waals surface area contributed by atoms with Crippen LogP contribution < -0.4 is 9.46 Å². The molecule has 1 N–H and O–H groups in total. The SMILES string of the molecule is COc1ccc2cc(S(=O)(=O)N[C@H]3CCN(CCCc4noc5ccccc45)C3)ccc2c1. The molecule has 1 saturated heterocycles. The first-order valence-electron chi connectivity index (χ1n) is 11.2. The molecular weight excluding hydrogens is 438 g/mol. The Morgan fingerprint density at radius 1 is 1.12 bits per heavy atom. The van der Waals surface area contributed by atoms with Gasteiger partial charge < -0.3 is 14.2 Å². The molecule has 1 aliphatic rings. The number of methoxy groups -OCH3 is 1. The zero-order valence-electron chi connectivity index (χ0n) is 18.5. The fourth-order valence-corrected chi connectivity index (χ4v) is 5.80. The molecule has 33 heavy (non-hydrogen) atoms. The van der Waals surface area contributed by atoms with E-state index in [4.69, 9.17) is 9.26 Å². The van der Waals surface area contributed by atoms with Gasteiger partial charge in [-0.05, 0) is 79.5 Å². The molecule has 3 aromatic carbocycles. The van der Waals surface area contributed by atoms with Crippen LogP contribution in [0.3, 0.4) is 0 Å². The fourth-order valence-electron chi connectivity index (χ4n) is 4.50. The number of aromatic nitrogens is 1. The molecule has 1 fully saturated rings. The van der Waals surface area contributed by atoms with Gasteiger partial charge in [0.05, 0.1) is 17.7 Å². The standard InChI is InChI=1S/C25H27N3O4S/c1-31-21-10-8-19-16-22(11-9-18(19)15-21)33(29,30)27-20-12-14-28(17-20)13-4-6-24-23-5-2-3-7-25(23)32-26-24/h2-3,5,7-11,15-16,20,27H,4,6,12-14,17H2,1H3/t20-/m0/s1. The maximum atomic E-state index is 13.0. The Labute approximate surface area is 193 Å². The molecule has 0 spiro atoms. The number of hydrogen-bond acceptors (Lipinski definition) is 6. The number of rotatable bonds is 8. The summed E-state index contributed by atoms with van der Waals surface area (Å²) in [6.07, 6.45) is 2.59. The lowest BCUT2D eigenvalue weighted by Crippen LogP contribution is -2.37. The van der Waals surface area contributed by atoms with Gasteiger partial charge in [-0.2, -0.15) is 0 Å². The number of aryl methyl sites for hydroxylation is 1. The highest BCUT2D eigenvalue weighted by Gasteiger charge is 2.27. The Kier molecular flexibility index (Phi) is 6.05. The van der Waals surface area contributed by atoms with Crippen LogP contribution in [0.1, 0.15) is 18.5 Å². The van der Waals surface area contributed by atoms with E-state index in [0.29, 0.717) is 6.54 Å². The van der Waals surface area contributed by atoms with Crippen LogP contribution in [0, 0.1) is 0 Å². The summed E-state index contributed by atoms with van der Waals surface area (Å²) in [5.41, 5.74) is 1.80. The number of fused-ring (bicyclic) bond motifs is 2. The average Bonchev–Trinajstić information content (AvgIpc) is 3.45. The second kappa shape index (κ2) is 9.13. The third-order valence-electron chi connectivity index (χ3n) is 6.26. The summed E-state index contributed by atoms with van der Waals surface area (Å²) in [7, 11) is -1.97. The topological polar surface area (TPSA) is 84.7 Å². The van der Waals surface area contributed by atoms with Crippen molar-refractivity contribution in [1.82, 2.24) is 14.8 Å². The van der Waals surface area contributed by atoms with Crippen molar-refractivity contribution >= 4 is 31.8 Å². The van der Waals surface area contributed by atoms with Crippen molar-refractivity contribution in [2.75, 3.05) is 26.7 Å². The third kappa shape index (κ3) is 4.73. The van der Waals surface area contributed by atoms with Crippen molar-refractivity contribution in [1.29, 1.82) is 0 Å². The van der Waals surface area contributed by atoms with Gasteiger partial charge in [0.2, 0.25) is 10.0 Å². The first kappa shape index (κ1) is 21.9. The van der Waals surface area contributed by atoms with Crippen molar-refractivity contribution in [3.05, 3.63) is 66.4 Å². The van der Waals surface area contributed by atoms with Crippen LogP contribution in [0.2, 0.25) is 0 Å². The minimum absolute atomic E-state index is 0.0885. The van der Waals surface area contributed by atoms with Crippen LogP contribution in [0.4, 0.5) is 0 Å². The molecule has 0 radical (unpaired) electrons. The minimum atomic E-state index is -3.58. The van der Waals surface area contributed by atoms with Gasteiger partial charge in [-0.25, -0.2) is 13.1 Å². The van der Waals surface area contributed by atoms with Crippen molar-refractivity contribution in [3.63, 3.8) is 0 Å². The first-order valence-corrected chi connectivity index (χ1v) is 12.7. The van der Waals surface area contributed by atoms with E-state index < -0.39 is 10.0 Å². The minimum Gasteiger partial charge on any atom is -0.497 e. The average molecular weight is 466 g/mol. The summed E-state index contributed by atoms with van der Waals surface area (Å²) in [6, 6.07) is 18.6. The van der Waals surface area contributed by atoms with Crippen LogP contribution in [-0.2, 0) is 16.4 Å². The number of hydrogen-bond donors (Lipinski definition) is 1. The van der Waals surface area contributed by atoms with Crippen LogP contribution in [-0.4, -0.2) is 51.3 Å². The second-order valence-electron chi connectivity index (χ2n) is 8.51. The number of nitrogens with zero attached hydrogens (tertiary/aromatic N) is 2. The maximum Gasteiger partial charge on any atom is 0.240 e. The first-order chi connectivity index (χ1) is 16.0. The summed E-state index contributed by atoms with van der Waals surface area (Å²) in [6.45, 7) is 2.49. The zero-order valence-corrected chi connectivity index (χ0v) is 19.3. The van der Waals surface area contributed by atoms with E-state index in [1.54, 1.807) is 19.2 Å². The molecule has 1 aliphatic heterocycles. The maximum absolute atomic E-state index is 13.0. The molecule has 2 heterocycles. The molecule has 0 unspecified atom stereocenters. The highest BCUT2D eigenvalue weighted by Crippen LogP contribution is 2.24. The van der Waals surface area contributed by atoms with Crippen molar-refractivity contribution in [2.24, 2.45) is 0 Å². The molecule has 7 nitrogen and oxygen atoms in total. The lowest BCUT2D eigenvalue weighted by atomic mass is 10.1. The molecule has 0 bridgehead atoms. The molecule has 0 saturated carbocycles. The molecule has 5 rings (SSSR count). The van der Waals surface area contributed by atoms with E-state index in [1.807, 2.05) is 48.5 Å². The fraction of sp³-hybridized carbons (Fsp3) is 0.320. The Morgan fingerprint density at radius 2 is 1.94 bits per heavy atom. The van der Waals surface area contributed by atoms with E-state index in [1.165, 1.54) is 0 Å². The monoisotopic (exact) mass is 465 g/mol. The van der Waals surface area contributed by atoms with E-state index >= 15 is 0 Å². The molecule has 172 valence electrons. The van der Waals surface area contributed by atoms with E-state index in [0.717, 1.165) is 65.5 Å². The lowest BCUT2D eigenvalue weighted by molar-refractivity contribution is 0.326. The number of nitrogens with one attached hydrogen (secondary N) is 1. The molecular formula is C25H27N3O4S. The number of likely N-dealkylation sites (tertiary alicyclic amines) is 1. The zero-order chi connectivity index (χ0) is 22.8. The molecule has 1 atom stereocenters. The molecule has 8 heteroatoms. The van der Waals surface area contributed by atoms with Gasteiger partial charge in [0, 0.05) is 18.0 Å². The predicted molar refractivity (Wildman–Crippen MR) is 128 cm³/mol. The second-order valence-corrected chi connectivity index (χ2v) is 10.2. The quantitative estimate of drug-likeness (QED) is 0.424. The molecule has 0 aliphatic carbocycles. The van der Waals surface area contributed by atoms with Gasteiger partial charge >= 0.3 is 0 Å². The summed E-state index contributed by atoms with van der Waals surface area (Å²) in [4.78, 5) is 2.60. The van der Waals surface area contributed by atoms with Crippen LogP contribution >= 0.6 is 0 Å². The summed E-state index contributed by atoms with van der Waals surface area (Å²) in [5, 5.41) is 7.08. The Morgan fingerprint density at radius 3 is 2.82 bits per heavy atom. The van der Waals surface area contributed by atoms with Gasteiger partial charge in [0.1, 0.15) is 5.75 Å². The van der Waals surface area contributed by atoms with Gasteiger partial charge in [-0.3, -0.25) is 0 Å². The summed E-state index contributed by atoms with van der Waals surface area (Å²) >= 11 is 0. The van der Waals surface area contributed by atoms with E-state index in [2.05, 4.69) is 14.8 Å². The van der Waals surface area contributed by atoms with E-state index in [9.17, 15) is 8.42 Å². The summed E-state index contributed by atoms with van der Waals surface area (Å²) in [5.74, 6) is 0.749. The number of ether oxygens (including phenoxy) is 1.